The summed E-state index contributed by atoms with van der Waals surface area (Å²) in [7, 11) is 0. The van der Waals surface area contributed by atoms with E-state index in [0.29, 0.717) is 0 Å². The second-order valence-electron chi connectivity index (χ2n) is 4.09. The Morgan fingerprint density at radius 1 is 1.06 bits per heavy atom. The zero-order valence-electron chi connectivity index (χ0n) is 9.64. The Morgan fingerprint density at radius 3 is 2.65 bits per heavy atom. The number of para-hydroxylation sites is 2. The van der Waals surface area contributed by atoms with Crippen LogP contribution < -0.4 is 10.2 Å². The highest BCUT2D eigenvalue weighted by molar-refractivity contribution is 5.92. The molecule has 0 unspecified atom stereocenters. The van der Waals surface area contributed by atoms with Crippen LogP contribution >= 0.6 is 0 Å². The second-order valence-corrected chi connectivity index (χ2v) is 4.09. The largest absolute Gasteiger partial charge is 0.508 e. The molecule has 2 aromatic carbocycles. The zero-order valence-corrected chi connectivity index (χ0v) is 9.64. The van der Waals surface area contributed by atoms with Gasteiger partial charge in [-0.25, -0.2) is 0 Å². The van der Waals surface area contributed by atoms with Crippen LogP contribution in [0.4, 0.5) is 22.7 Å². The van der Waals surface area contributed by atoms with Gasteiger partial charge in [-0.2, -0.15) is 0 Å². The summed E-state index contributed by atoms with van der Waals surface area (Å²) in [5, 5.41) is 12.9. The zero-order chi connectivity index (χ0) is 11.8. The quantitative estimate of drug-likeness (QED) is 0.779. The first-order valence-corrected chi connectivity index (χ1v) is 5.76. The molecule has 1 heterocycles. The monoisotopic (exact) mass is 226 g/mol. The van der Waals surface area contributed by atoms with E-state index in [-0.39, 0.29) is 5.75 Å². The van der Waals surface area contributed by atoms with Crippen molar-refractivity contribution in [2.45, 2.75) is 6.92 Å². The summed E-state index contributed by atoms with van der Waals surface area (Å²) < 4.78 is 0. The van der Waals surface area contributed by atoms with Gasteiger partial charge in [0.15, 0.2) is 0 Å². The minimum atomic E-state index is 0.284. The first kappa shape index (κ1) is 10.0. The number of aromatic hydroxyl groups is 1. The van der Waals surface area contributed by atoms with Crippen LogP contribution in [-0.2, 0) is 0 Å². The molecule has 3 rings (SSSR count). The number of nitrogens with zero attached hydrogens (tertiary/aromatic N) is 1. The van der Waals surface area contributed by atoms with E-state index in [2.05, 4.69) is 23.2 Å². The fourth-order valence-electron chi connectivity index (χ4n) is 2.29. The Hall–Kier alpha value is -2.16. The van der Waals surface area contributed by atoms with Crippen LogP contribution in [0, 0.1) is 0 Å². The molecule has 2 N–H and O–H groups in total. The molecule has 17 heavy (non-hydrogen) atoms. The Kier molecular flexibility index (Phi) is 2.18. The highest BCUT2D eigenvalue weighted by atomic mass is 16.3. The van der Waals surface area contributed by atoms with Gasteiger partial charge in [0, 0.05) is 12.6 Å². The maximum absolute atomic E-state index is 9.54. The van der Waals surface area contributed by atoms with E-state index in [1.807, 2.05) is 24.3 Å². The van der Waals surface area contributed by atoms with E-state index in [1.165, 1.54) is 5.69 Å². The SMILES string of the molecule is CCN1c2ccccc2Nc2cc(O)ccc21. The molecule has 3 heteroatoms. The summed E-state index contributed by atoms with van der Waals surface area (Å²) in [6.07, 6.45) is 0. The number of fused-ring (bicyclic) bond motifs is 2. The summed E-state index contributed by atoms with van der Waals surface area (Å²) in [6.45, 7) is 3.02. The van der Waals surface area contributed by atoms with Gasteiger partial charge < -0.3 is 15.3 Å². The Morgan fingerprint density at radius 2 is 1.82 bits per heavy atom. The molecule has 0 saturated carbocycles. The van der Waals surface area contributed by atoms with Crippen LogP contribution in [0.1, 0.15) is 6.92 Å². The number of anilines is 4. The molecule has 86 valence electrons. The van der Waals surface area contributed by atoms with Gasteiger partial charge in [-0.05, 0) is 31.2 Å². The summed E-state index contributed by atoms with van der Waals surface area (Å²) >= 11 is 0. The average molecular weight is 226 g/mol. The third-order valence-electron chi connectivity index (χ3n) is 3.05. The molecule has 0 fully saturated rings. The lowest BCUT2D eigenvalue weighted by Crippen LogP contribution is -2.21. The number of rotatable bonds is 1. The molecule has 0 saturated heterocycles. The molecule has 1 aliphatic heterocycles. The lowest BCUT2D eigenvalue weighted by atomic mass is 10.1. The highest BCUT2D eigenvalue weighted by Crippen LogP contribution is 2.44. The molecule has 0 bridgehead atoms. The molecule has 0 atom stereocenters. The molecule has 0 spiro atoms. The van der Waals surface area contributed by atoms with E-state index in [4.69, 9.17) is 0 Å². The first-order chi connectivity index (χ1) is 8.29. The van der Waals surface area contributed by atoms with Crippen molar-refractivity contribution >= 4 is 22.7 Å². The van der Waals surface area contributed by atoms with E-state index in [1.54, 1.807) is 12.1 Å². The molecule has 0 aliphatic carbocycles. The van der Waals surface area contributed by atoms with Gasteiger partial charge >= 0.3 is 0 Å². The predicted molar refractivity (Wildman–Crippen MR) is 70.5 cm³/mol. The number of benzene rings is 2. The van der Waals surface area contributed by atoms with Gasteiger partial charge in [-0.15, -0.1) is 0 Å². The third-order valence-corrected chi connectivity index (χ3v) is 3.05. The first-order valence-electron chi connectivity index (χ1n) is 5.76. The van der Waals surface area contributed by atoms with E-state index in [9.17, 15) is 5.11 Å². The minimum Gasteiger partial charge on any atom is -0.508 e. The smallest absolute Gasteiger partial charge is 0.117 e. The van der Waals surface area contributed by atoms with Crippen molar-refractivity contribution in [3.8, 4) is 5.75 Å². The number of nitrogens with one attached hydrogen (secondary N) is 1. The topological polar surface area (TPSA) is 35.5 Å². The standard InChI is InChI=1S/C14H14N2O/c1-2-16-13-6-4-3-5-11(13)15-12-9-10(17)7-8-14(12)16/h3-9,15,17H,2H2,1H3. The summed E-state index contributed by atoms with van der Waals surface area (Å²) in [6, 6.07) is 13.6. The number of hydrogen-bond acceptors (Lipinski definition) is 3. The molecule has 0 radical (unpaired) electrons. The fourth-order valence-corrected chi connectivity index (χ4v) is 2.29. The molecular weight excluding hydrogens is 212 g/mol. The molecule has 1 aliphatic rings. The van der Waals surface area contributed by atoms with Crippen molar-refractivity contribution in [2.75, 3.05) is 16.8 Å². The fraction of sp³-hybridized carbons (Fsp3) is 0.143. The third kappa shape index (κ3) is 1.51. The maximum atomic E-state index is 9.54. The lowest BCUT2D eigenvalue weighted by Gasteiger charge is -2.33. The van der Waals surface area contributed by atoms with Crippen LogP contribution in [0.3, 0.4) is 0 Å². The van der Waals surface area contributed by atoms with Crippen molar-refractivity contribution in [1.82, 2.24) is 0 Å². The van der Waals surface area contributed by atoms with E-state index in [0.717, 1.165) is 23.6 Å². The Labute approximate surface area is 100 Å². The van der Waals surface area contributed by atoms with Gasteiger partial charge in [0.05, 0.1) is 22.7 Å². The van der Waals surface area contributed by atoms with Crippen LogP contribution in [0.15, 0.2) is 42.5 Å². The van der Waals surface area contributed by atoms with Gasteiger partial charge in [0.25, 0.3) is 0 Å². The predicted octanol–water partition coefficient (Wildman–Crippen LogP) is 3.61. The lowest BCUT2D eigenvalue weighted by molar-refractivity contribution is 0.475. The van der Waals surface area contributed by atoms with Crippen molar-refractivity contribution in [2.24, 2.45) is 0 Å². The van der Waals surface area contributed by atoms with Crippen molar-refractivity contribution in [1.29, 1.82) is 0 Å². The van der Waals surface area contributed by atoms with Gasteiger partial charge in [-0.1, -0.05) is 12.1 Å². The number of hydrogen-bond donors (Lipinski definition) is 2. The van der Waals surface area contributed by atoms with Crippen LogP contribution in [-0.4, -0.2) is 11.7 Å². The molecular formula is C14H14N2O. The van der Waals surface area contributed by atoms with Gasteiger partial charge in [-0.3, -0.25) is 0 Å². The van der Waals surface area contributed by atoms with E-state index < -0.39 is 0 Å². The summed E-state index contributed by atoms with van der Waals surface area (Å²) in [4.78, 5) is 2.24. The number of phenols is 1. The summed E-state index contributed by atoms with van der Waals surface area (Å²) in [5.74, 6) is 0.284. The number of phenolic OH excluding ortho intramolecular Hbond substituents is 1. The second kappa shape index (κ2) is 3.70. The summed E-state index contributed by atoms with van der Waals surface area (Å²) in [5.41, 5.74) is 4.30. The highest BCUT2D eigenvalue weighted by Gasteiger charge is 2.20. The normalized spacial score (nSPS) is 12.6. The molecule has 3 nitrogen and oxygen atoms in total. The van der Waals surface area contributed by atoms with E-state index >= 15 is 0 Å². The minimum absolute atomic E-state index is 0.284. The van der Waals surface area contributed by atoms with Crippen LogP contribution in [0.25, 0.3) is 0 Å². The Balaban J connectivity index is 2.18. The van der Waals surface area contributed by atoms with Crippen molar-refractivity contribution in [3.63, 3.8) is 0 Å². The van der Waals surface area contributed by atoms with Crippen LogP contribution in [0.2, 0.25) is 0 Å². The van der Waals surface area contributed by atoms with Crippen molar-refractivity contribution in [3.05, 3.63) is 42.5 Å². The van der Waals surface area contributed by atoms with Gasteiger partial charge in [0.1, 0.15) is 5.75 Å². The molecule has 0 aromatic heterocycles. The molecule has 0 amide bonds. The Bertz CT molecular complexity index is 566. The maximum Gasteiger partial charge on any atom is 0.117 e. The van der Waals surface area contributed by atoms with Gasteiger partial charge in [0.2, 0.25) is 0 Å². The van der Waals surface area contributed by atoms with Crippen molar-refractivity contribution < 1.29 is 5.11 Å². The van der Waals surface area contributed by atoms with Crippen LogP contribution in [0.5, 0.6) is 5.75 Å². The average Bonchev–Trinajstić information content (AvgIpc) is 2.35. The molecule has 2 aromatic rings.